The maximum atomic E-state index is 13.9. The lowest BCUT2D eigenvalue weighted by molar-refractivity contribution is -0.153. The van der Waals surface area contributed by atoms with Crippen LogP contribution >= 0.6 is 11.6 Å². The molecule has 1 aromatic rings. The van der Waals surface area contributed by atoms with E-state index in [-0.39, 0.29) is 29.7 Å². The number of aromatic hydroxyl groups is 1. The largest absolute Gasteiger partial charge is 0.508 e. The van der Waals surface area contributed by atoms with Crippen LogP contribution in [0.5, 0.6) is 5.75 Å². The third-order valence-electron chi connectivity index (χ3n) is 9.11. The minimum atomic E-state index is -2.67. The summed E-state index contributed by atoms with van der Waals surface area (Å²) < 4.78 is 5.50. The monoisotopic (exact) mass is 589 g/mol. The number of ketones is 2. The molecule has 6 N–H and O–H groups in total. The van der Waals surface area contributed by atoms with Crippen LogP contribution in [0.4, 0.5) is 0 Å². The number of Topliss-reactive ketones (excluding diaryl/α,β-unsaturated/α-hetero) is 2. The molecule has 0 radical (unpaired) electrons. The van der Waals surface area contributed by atoms with Crippen molar-refractivity contribution >= 4 is 34.8 Å². The number of hydrogen-bond acceptors (Lipinski definition) is 10. The Balaban J connectivity index is 1.58. The van der Waals surface area contributed by atoms with Crippen molar-refractivity contribution in [1.82, 2.24) is 9.80 Å². The van der Waals surface area contributed by atoms with Gasteiger partial charge in [-0.1, -0.05) is 18.5 Å². The highest BCUT2D eigenvalue weighted by molar-refractivity contribution is 6.32. The zero-order valence-electron chi connectivity index (χ0n) is 23.3. The first kappa shape index (κ1) is 29.5. The Labute approximate surface area is 242 Å². The SMILES string of the molecule is CCN(Cc1cc(O)c2c(c1Cl)C[C@H]1C[C@H]3[C@H](N(C)C)C(=O)C(C(N)=O)=C(O)[C@@]3(O)C(=O)C1=C2O)CC1CCOC1. The van der Waals surface area contributed by atoms with Gasteiger partial charge in [0, 0.05) is 36.2 Å². The fraction of sp³-hybridized carbons (Fsp3) is 0.552. The molecule has 0 bridgehead atoms. The minimum Gasteiger partial charge on any atom is -0.508 e. The van der Waals surface area contributed by atoms with Gasteiger partial charge < -0.3 is 30.9 Å². The van der Waals surface area contributed by atoms with Gasteiger partial charge in [0.15, 0.2) is 11.4 Å². The molecule has 1 heterocycles. The maximum absolute atomic E-state index is 13.9. The van der Waals surface area contributed by atoms with Crippen molar-refractivity contribution in [3.05, 3.63) is 44.7 Å². The van der Waals surface area contributed by atoms with Crippen LogP contribution in [0.1, 0.15) is 36.5 Å². The molecule has 4 aliphatic rings. The van der Waals surface area contributed by atoms with Crippen LogP contribution in [0, 0.1) is 17.8 Å². The van der Waals surface area contributed by atoms with E-state index in [9.17, 15) is 34.8 Å². The van der Waals surface area contributed by atoms with Crippen LogP contribution < -0.4 is 5.73 Å². The van der Waals surface area contributed by atoms with Crippen LogP contribution in [0.15, 0.2) is 23.0 Å². The van der Waals surface area contributed by atoms with E-state index < -0.39 is 58.0 Å². The number of benzene rings is 1. The number of rotatable bonds is 7. The van der Waals surface area contributed by atoms with Crippen LogP contribution in [-0.4, -0.2) is 99.7 Å². The molecule has 1 aromatic carbocycles. The molecule has 1 aliphatic heterocycles. The molecule has 222 valence electrons. The Morgan fingerprint density at radius 1 is 1.24 bits per heavy atom. The lowest BCUT2D eigenvalue weighted by atomic mass is 9.57. The molecule has 0 spiro atoms. The lowest BCUT2D eigenvalue weighted by Crippen LogP contribution is -2.65. The van der Waals surface area contributed by atoms with E-state index in [1.165, 1.54) is 11.0 Å². The van der Waals surface area contributed by atoms with Gasteiger partial charge in [0.2, 0.25) is 5.78 Å². The van der Waals surface area contributed by atoms with Crippen molar-refractivity contribution in [2.75, 3.05) is 40.4 Å². The summed E-state index contributed by atoms with van der Waals surface area (Å²) in [5, 5.41) is 45.4. The molecule has 1 saturated carbocycles. The van der Waals surface area contributed by atoms with Gasteiger partial charge in [0.1, 0.15) is 22.8 Å². The molecule has 11 nitrogen and oxygen atoms in total. The second-order valence-corrected chi connectivity index (χ2v) is 12.1. The van der Waals surface area contributed by atoms with Gasteiger partial charge in [-0.3, -0.25) is 24.2 Å². The van der Waals surface area contributed by atoms with E-state index in [4.69, 9.17) is 22.1 Å². The number of ether oxygens (including phenoxy) is 1. The first-order chi connectivity index (χ1) is 19.3. The first-order valence-electron chi connectivity index (χ1n) is 13.8. The summed E-state index contributed by atoms with van der Waals surface area (Å²) in [5.41, 5.74) is 2.77. The number of halogens is 1. The highest BCUT2D eigenvalue weighted by Crippen LogP contribution is 2.53. The molecule has 5 atom stereocenters. The Morgan fingerprint density at radius 2 is 1.95 bits per heavy atom. The van der Waals surface area contributed by atoms with Crippen molar-refractivity contribution in [3.8, 4) is 5.75 Å². The number of carbonyl (C=O) groups is 3. The zero-order valence-corrected chi connectivity index (χ0v) is 24.1. The number of nitrogens with zero attached hydrogens (tertiary/aromatic N) is 2. The molecule has 3 aliphatic carbocycles. The van der Waals surface area contributed by atoms with E-state index in [0.717, 1.165) is 26.1 Å². The Hall–Kier alpha value is -2.96. The van der Waals surface area contributed by atoms with Gasteiger partial charge in [0.25, 0.3) is 5.91 Å². The summed E-state index contributed by atoms with van der Waals surface area (Å²) in [6.07, 6.45) is 1.14. The standard InChI is InChI=1S/C29H36ClN3O8/c1-4-33(10-13-5-6-41-12-13)11-15-9-18(34)20-16(22(15)30)7-14-8-17-23(32(2)3)25(36)21(28(31)39)27(38)29(17,40)26(37)19(14)24(20)35/h9,13-14,17,23,34-35,38,40H,4-8,10-12H2,1-3H3,(H2,31,39)/t13?,14-,17-,23-,29-/m0/s1. The Bertz CT molecular complexity index is 1380. The Kier molecular flexibility index (Phi) is 7.71. The van der Waals surface area contributed by atoms with Crippen LogP contribution in [-0.2, 0) is 32.1 Å². The number of nitrogens with two attached hydrogens (primary N) is 1. The molecule has 1 amide bonds. The van der Waals surface area contributed by atoms with E-state index >= 15 is 0 Å². The summed E-state index contributed by atoms with van der Waals surface area (Å²) >= 11 is 6.90. The quantitative estimate of drug-likeness (QED) is 0.293. The minimum absolute atomic E-state index is 0.00977. The van der Waals surface area contributed by atoms with Crippen molar-refractivity contribution in [2.45, 2.75) is 44.4 Å². The summed E-state index contributed by atoms with van der Waals surface area (Å²) in [4.78, 5) is 42.9. The molecule has 41 heavy (non-hydrogen) atoms. The average Bonchev–Trinajstić information content (AvgIpc) is 3.41. The van der Waals surface area contributed by atoms with Crippen LogP contribution in [0.3, 0.4) is 0 Å². The molecule has 1 unspecified atom stereocenters. The topological polar surface area (TPSA) is 174 Å². The fourth-order valence-electron chi connectivity index (χ4n) is 7.10. The number of aliphatic hydroxyl groups is 3. The predicted molar refractivity (Wildman–Crippen MR) is 149 cm³/mol. The number of fused-ring (bicyclic) bond motifs is 3. The number of primary amides is 1. The molecule has 5 rings (SSSR count). The van der Waals surface area contributed by atoms with Gasteiger partial charge in [-0.25, -0.2) is 0 Å². The first-order valence-corrected chi connectivity index (χ1v) is 14.2. The summed E-state index contributed by atoms with van der Waals surface area (Å²) in [6, 6.07) is 0.334. The van der Waals surface area contributed by atoms with Crippen molar-refractivity contribution < 1.29 is 39.5 Å². The number of aliphatic hydroxyl groups excluding tert-OH is 2. The highest BCUT2D eigenvalue weighted by atomic mass is 35.5. The van der Waals surface area contributed by atoms with Crippen LogP contribution in [0.2, 0.25) is 5.02 Å². The number of hydrogen-bond donors (Lipinski definition) is 5. The molecule has 1 saturated heterocycles. The Morgan fingerprint density at radius 3 is 2.54 bits per heavy atom. The van der Waals surface area contributed by atoms with Gasteiger partial charge in [0.05, 0.1) is 18.2 Å². The smallest absolute Gasteiger partial charge is 0.255 e. The molecular weight excluding hydrogens is 554 g/mol. The predicted octanol–water partition coefficient (Wildman–Crippen LogP) is 1.48. The number of phenols is 1. The second kappa shape index (κ2) is 10.7. The molecular formula is C29H36ClN3O8. The van der Waals surface area contributed by atoms with Gasteiger partial charge >= 0.3 is 0 Å². The van der Waals surface area contributed by atoms with E-state index in [1.54, 1.807) is 14.1 Å². The third kappa shape index (κ3) is 4.54. The number of likely N-dealkylation sites (N-methyl/N-ethyl adjacent to an activating group) is 1. The van der Waals surface area contributed by atoms with Crippen molar-refractivity contribution in [2.24, 2.45) is 23.5 Å². The number of carbonyl (C=O) groups excluding carboxylic acids is 3. The third-order valence-corrected chi connectivity index (χ3v) is 9.58. The van der Waals surface area contributed by atoms with Gasteiger partial charge in [-0.15, -0.1) is 0 Å². The second-order valence-electron chi connectivity index (χ2n) is 11.7. The van der Waals surface area contributed by atoms with E-state index in [1.807, 2.05) is 6.92 Å². The number of amides is 1. The lowest BCUT2D eigenvalue weighted by Gasteiger charge is -2.50. The van der Waals surface area contributed by atoms with Gasteiger partial charge in [-0.05, 0) is 68.9 Å². The van der Waals surface area contributed by atoms with Crippen LogP contribution in [0.25, 0.3) is 5.76 Å². The normalized spacial score (nSPS) is 29.7. The molecule has 2 fully saturated rings. The molecule has 0 aromatic heterocycles. The molecule has 12 heteroatoms. The van der Waals surface area contributed by atoms with Crippen molar-refractivity contribution in [3.63, 3.8) is 0 Å². The summed E-state index contributed by atoms with van der Waals surface area (Å²) in [6.45, 7) is 5.50. The summed E-state index contributed by atoms with van der Waals surface area (Å²) in [5.74, 6) is -6.45. The average molecular weight is 590 g/mol. The number of phenolic OH excluding ortho intramolecular Hbond substituents is 1. The van der Waals surface area contributed by atoms with E-state index in [2.05, 4.69) is 4.90 Å². The van der Waals surface area contributed by atoms with Crippen molar-refractivity contribution in [1.29, 1.82) is 0 Å². The van der Waals surface area contributed by atoms with E-state index in [0.29, 0.717) is 35.2 Å². The highest BCUT2D eigenvalue weighted by Gasteiger charge is 2.64. The zero-order chi connectivity index (χ0) is 30.0. The maximum Gasteiger partial charge on any atom is 0.255 e. The fourth-order valence-corrected chi connectivity index (χ4v) is 7.39. The summed E-state index contributed by atoms with van der Waals surface area (Å²) in [7, 11) is 3.12. The van der Waals surface area contributed by atoms with Gasteiger partial charge in [-0.2, -0.15) is 0 Å².